The molecule has 20 heavy (non-hydrogen) atoms. The van der Waals surface area contributed by atoms with Crippen molar-refractivity contribution < 1.29 is 9.50 Å². The predicted octanol–water partition coefficient (Wildman–Crippen LogP) is 3.76. The topological polar surface area (TPSA) is 33.1 Å². The van der Waals surface area contributed by atoms with Gasteiger partial charge < -0.3 is 5.11 Å². The highest BCUT2D eigenvalue weighted by Crippen LogP contribution is 2.30. The summed E-state index contributed by atoms with van der Waals surface area (Å²) < 4.78 is 14.2. The Hall–Kier alpha value is -2.26. The van der Waals surface area contributed by atoms with Gasteiger partial charge in [-0.05, 0) is 29.5 Å². The Labute approximate surface area is 116 Å². The molecule has 0 bridgehead atoms. The van der Waals surface area contributed by atoms with Crippen LogP contribution >= 0.6 is 0 Å². The van der Waals surface area contributed by atoms with E-state index in [0.29, 0.717) is 16.7 Å². The number of aromatic nitrogens is 1. The Morgan fingerprint density at radius 3 is 2.65 bits per heavy atom. The number of pyridine rings is 1. The molecule has 1 aromatic heterocycles. The van der Waals surface area contributed by atoms with Gasteiger partial charge in [0.25, 0.3) is 0 Å². The second kappa shape index (κ2) is 5.02. The molecular formula is C17H14FNO. The van der Waals surface area contributed by atoms with Gasteiger partial charge >= 0.3 is 0 Å². The minimum Gasteiger partial charge on any atom is -0.384 e. The van der Waals surface area contributed by atoms with Gasteiger partial charge in [-0.25, -0.2) is 4.39 Å². The Morgan fingerprint density at radius 2 is 1.80 bits per heavy atom. The summed E-state index contributed by atoms with van der Waals surface area (Å²) in [6.45, 7) is 1.69. The van der Waals surface area contributed by atoms with Gasteiger partial charge in [0.1, 0.15) is 11.9 Å². The first kappa shape index (κ1) is 12.8. The number of fused-ring (bicyclic) bond motifs is 1. The molecule has 0 saturated carbocycles. The normalized spacial score (nSPS) is 12.6. The SMILES string of the molecule is Cc1cccc(C(O)c2cccc3cnccc23)c1F. The Kier molecular flexibility index (Phi) is 3.20. The van der Waals surface area contributed by atoms with Gasteiger partial charge in [-0.3, -0.25) is 4.98 Å². The fourth-order valence-corrected chi connectivity index (χ4v) is 2.43. The zero-order chi connectivity index (χ0) is 14.1. The Balaban J connectivity index is 2.18. The number of aliphatic hydroxyl groups excluding tert-OH is 1. The van der Waals surface area contributed by atoms with Crippen molar-refractivity contribution >= 4 is 10.8 Å². The molecule has 0 radical (unpaired) electrons. The quantitative estimate of drug-likeness (QED) is 0.766. The van der Waals surface area contributed by atoms with Crippen LogP contribution in [0.25, 0.3) is 10.8 Å². The Bertz CT molecular complexity index is 765. The third kappa shape index (κ3) is 2.06. The van der Waals surface area contributed by atoms with E-state index in [2.05, 4.69) is 4.98 Å². The molecule has 0 aliphatic carbocycles. The Morgan fingerprint density at radius 1 is 1.05 bits per heavy atom. The first-order valence-electron chi connectivity index (χ1n) is 6.44. The maximum atomic E-state index is 14.2. The van der Waals surface area contributed by atoms with E-state index >= 15 is 0 Å². The highest BCUT2D eigenvalue weighted by Gasteiger charge is 2.18. The number of aryl methyl sites for hydroxylation is 1. The van der Waals surface area contributed by atoms with Gasteiger partial charge in [0.2, 0.25) is 0 Å². The van der Waals surface area contributed by atoms with Crippen molar-refractivity contribution in [1.82, 2.24) is 4.98 Å². The molecule has 0 saturated heterocycles. The zero-order valence-corrected chi connectivity index (χ0v) is 11.0. The number of benzene rings is 2. The van der Waals surface area contributed by atoms with Crippen LogP contribution in [0.3, 0.4) is 0 Å². The molecule has 0 amide bonds. The molecule has 1 atom stereocenters. The van der Waals surface area contributed by atoms with Crippen LogP contribution in [0, 0.1) is 12.7 Å². The third-order valence-corrected chi connectivity index (χ3v) is 3.53. The highest BCUT2D eigenvalue weighted by molar-refractivity contribution is 5.85. The van der Waals surface area contributed by atoms with Crippen molar-refractivity contribution in [3.8, 4) is 0 Å². The number of halogens is 1. The van der Waals surface area contributed by atoms with Gasteiger partial charge in [0, 0.05) is 23.3 Å². The van der Waals surface area contributed by atoms with Crippen LogP contribution in [0.2, 0.25) is 0 Å². The summed E-state index contributed by atoms with van der Waals surface area (Å²) in [4.78, 5) is 4.06. The standard InChI is InChI=1S/C17H14FNO/c1-11-4-2-7-15(16(11)18)17(20)14-6-3-5-12-10-19-9-8-13(12)14/h2-10,17,20H,1H3. The molecule has 0 fully saturated rings. The molecule has 0 aliphatic rings. The highest BCUT2D eigenvalue weighted by atomic mass is 19.1. The van der Waals surface area contributed by atoms with Crippen molar-refractivity contribution in [2.45, 2.75) is 13.0 Å². The summed E-state index contributed by atoms with van der Waals surface area (Å²) in [6.07, 6.45) is 2.42. The summed E-state index contributed by atoms with van der Waals surface area (Å²) in [5, 5.41) is 12.3. The van der Waals surface area contributed by atoms with Gasteiger partial charge in [-0.2, -0.15) is 0 Å². The van der Waals surface area contributed by atoms with Crippen molar-refractivity contribution in [1.29, 1.82) is 0 Å². The van der Waals surface area contributed by atoms with Crippen LogP contribution in [-0.2, 0) is 0 Å². The maximum Gasteiger partial charge on any atom is 0.132 e. The van der Waals surface area contributed by atoms with Gasteiger partial charge in [0.05, 0.1) is 0 Å². The van der Waals surface area contributed by atoms with Crippen molar-refractivity contribution in [3.05, 3.63) is 77.4 Å². The molecule has 0 spiro atoms. The summed E-state index contributed by atoms with van der Waals surface area (Å²) in [6, 6.07) is 12.5. The van der Waals surface area contributed by atoms with Crippen molar-refractivity contribution in [2.24, 2.45) is 0 Å². The molecule has 3 heteroatoms. The molecule has 100 valence electrons. The summed E-state index contributed by atoms with van der Waals surface area (Å²) in [5.41, 5.74) is 1.52. The van der Waals surface area contributed by atoms with E-state index in [0.717, 1.165) is 10.8 Å². The van der Waals surface area contributed by atoms with Crippen LogP contribution in [-0.4, -0.2) is 10.1 Å². The summed E-state index contributed by atoms with van der Waals surface area (Å²) in [5.74, 6) is -0.356. The largest absolute Gasteiger partial charge is 0.384 e. The number of hydrogen-bond donors (Lipinski definition) is 1. The molecule has 3 aromatic rings. The van der Waals surface area contributed by atoms with Gasteiger partial charge in [-0.15, -0.1) is 0 Å². The first-order valence-corrected chi connectivity index (χ1v) is 6.44. The lowest BCUT2D eigenvalue weighted by Gasteiger charge is -2.15. The lowest BCUT2D eigenvalue weighted by molar-refractivity contribution is 0.216. The minimum absolute atomic E-state index is 0.300. The molecule has 1 unspecified atom stereocenters. The van der Waals surface area contributed by atoms with E-state index in [9.17, 15) is 9.50 Å². The second-order valence-electron chi connectivity index (χ2n) is 4.82. The van der Waals surface area contributed by atoms with E-state index in [1.807, 2.05) is 24.3 Å². The maximum absolute atomic E-state index is 14.2. The molecular weight excluding hydrogens is 253 g/mol. The molecule has 3 rings (SSSR count). The van der Waals surface area contributed by atoms with E-state index in [1.54, 1.807) is 37.5 Å². The average Bonchev–Trinajstić information content (AvgIpc) is 2.49. The molecule has 2 nitrogen and oxygen atoms in total. The fraction of sp³-hybridized carbons (Fsp3) is 0.118. The third-order valence-electron chi connectivity index (χ3n) is 3.53. The average molecular weight is 267 g/mol. The van der Waals surface area contributed by atoms with Crippen LogP contribution in [0.5, 0.6) is 0 Å². The van der Waals surface area contributed by atoms with E-state index < -0.39 is 6.10 Å². The van der Waals surface area contributed by atoms with E-state index in [1.165, 1.54) is 0 Å². The number of nitrogens with zero attached hydrogens (tertiary/aromatic N) is 1. The smallest absolute Gasteiger partial charge is 0.132 e. The first-order chi connectivity index (χ1) is 9.68. The molecule has 0 aliphatic heterocycles. The number of rotatable bonds is 2. The zero-order valence-electron chi connectivity index (χ0n) is 11.0. The second-order valence-corrected chi connectivity index (χ2v) is 4.82. The van der Waals surface area contributed by atoms with Gasteiger partial charge in [0.15, 0.2) is 0 Å². The lowest BCUT2D eigenvalue weighted by Crippen LogP contribution is -2.04. The van der Waals surface area contributed by atoms with Gasteiger partial charge in [-0.1, -0.05) is 36.4 Å². The van der Waals surface area contributed by atoms with Crippen molar-refractivity contribution in [3.63, 3.8) is 0 Å². The van der Waals surface area contributed by atoms with Crippen molar-refractivity contribution in [2.75, 3.05) is 0 Å². The molecule has 1 N–H and O–H groups in total. The van der Waals surface area contributed by atoms with E-state index in [-0.39, 0.29) is 5.82 Å². The predicted molar refractivity (Wildman–Crippen MR) is 76.9 cm³/mol. The summed E-state index contributed by atoms with van der Waals surface area (Å²) >= 11 is 0. The summed E-state index contributed by atoms with van der Waals surface area (Å²) in [7, 11) is 0. The molecule has 1 heterocycles. The monoisotopic (exact) mass is 267 g/mol. The lowest BCUT2D eigenvalue weighted by atomic mass is 9.95. The number of hydrogen-bond acceptors (Lipinski definition) is 2. The van der Waals surface area contributed by atoms with Crippen LogP contribution in [0.1, 0.15) is 22.8 Å². The molecule has 2 aromatic carbocycles. The fourth-order valence-electron chi connectivity index (χ4n) is 2.43. The minimum atomic E-state index is -0.985. The van der Waals surface area contributed by atoms with Crippen LogP contribution < -0.4 is 0 Å². The van der Waals surface area contributed by atoms with E-state index in [4.69, 9.17) is 0 Å². The number of aliphatic hydroxyl groups is 1. The van der Waals surface area contributed by atoms with Crippen LogP contribution in [0.15, 0.2) is 54.9 Å². The van der Waals surface area contributed by atoms with Crippen LogP contribution in [0.4, 0.5) is 4.39 Å².